The van der Waals surface area contributed by atoms with Gasteiger partial charge in [0.2, 0.25) is 5.91 Å². The zero-order chi connectivity index (χ0) is 28.1. The fourth-order valence-corrected chi connectivity index (χ4v) is 6.15. The highest BCUT2D eigenvalue weighted by Gasteiger charge is 2.39. The van der Waals surface area contributed by atoms with Crippen molar-refractivity contribution >= 4 is 38.5 Å². The Bertz CT molecular complexity index is 831. The molecule has 1 rings (SSSR count). The van der Waals surface area contributed by atoms with E-state index in [-0.39, 0.29) is 5.91 Å². The lowest BCUT2D eigenvalue weighted by Crippen LogP contribution is -2.46. The number of alkyl carbamates (subject to hydrolysis) is 1. The van der Waals surface area contributed by atoms with E-state index in [0.717, 1.165) is 31.2 Å². The van der Waals surface area contributed by atoms with Gasteiger partial charge in [0.05, 0.1) is 13.2 Å². The smallest absolute Gasteiger partial charge is 0.463 e. The van der Waals surface area contributed by atoms with Crippen LogP contribution in [0.4, 0.5) is 10.5 Å². The zero-order valence-electron chi connectivity index (χ0n) is 23.2. The van der Waals surface area contributed by atoms with Crippen molar-refractivity contribution in [3.05, 3.63) is 35.9 Å². The standard InChI is InChI=1S/C27H44N2O8Si/c1-5-35-38(36-6-2,37-7-3)22-12-19-28-27(32)34-21-11-9-8-10-20-33-26(31)18-15-24-13-16-25(17-14-24)29-23(4)30/h13-18H,5-12,19-22H2,1-4H3,(H,28,32)(H,29,30)/b18-15+. The molecule has 0 aliphatic rings. The molecule has 1 aromatic rings. The molecule has 0 bridgehead atoms. The van der Waals surface area contributed by atoms with Crippen LogP contribution in [0, 0.1) is 0 Å². The minimum absolute atomic E-state index is 0.135. The molecule has 0 heterocycles. The average Bonchev–Trinajstić information content (AvgIpc) is 2.88. The summed E-state index contributed by atoms with van der Waals surface area (Å²) in [6, 6.07) is 7.77. The van der Waals surface area contributed by atoms with Crippen LogP contribution < -0.4 is 10.6 Å². The van der Waals surface area contributed by atoms with Gasteiger partial charge in [-0.2, -0.15) is 0 Å². The van der Waals surface area contributed by atoms with Gasteiger partial charge in [0.25, 0.3) is 0 Å². The van der Waals surface area contributed by atoms with Crippen LogP contribution in [0.2, 0.25) is 6.04 Å². The molecule has 0 atom stereocenters. The molecule has 214 valence electrons. The Kier molecular flexibility index (Phi) is 17.7. The second kappa shape index (κ2) is 20.3. The van der Waals surface area contributed by atoms with Gasteiger partial charge in [-0.1, -0.05) is 12.1 Å². The van der Waals surface area contributed by atoms with Gasteiger partial charge in [0.15, 0.2) is 0 Å². The van der Waals surface area contributed by atoms with E-state index in [1.165, 1.54) is 13.0 Å². The number of esters is 1. The van der Waals surface area contributed by atoms with Crippen molar-refractivity contribution in [1.82, 2.24) is 5.32 Å². The first-order valence-electron chi connectivity index (χ1n) is 13.4. The number of carbonyl (C=O) groups excluding carboxylic acids is 3. The normalized spacial score (nSPS) is 11.4. The second-order valence-electron chi connectivity index (χ2n) is 8.37. The van der Waals surface area contributed by atoms with E-state index in [4.69, 9.17) is 22.8 Å². The molecule has 0 aliphatic carbocycles. The lowest BCUT2D eigenvalue weighted by atomic mass is 10.2. The fourth-order valence-electron chi connectivity index (χ4n) is 3.54. The first-order valence-corrected chi connectivity index (χ1v) is 15.3. The molecule has 0 aliphatic heterocycles. The van der Waals surface area contributed by atoms with Gasteiger partial charge < -0.3 is 33.4 Å². The van der Waals surface area contributed by atoms with Crippen LogP contribution in [0.15, 0.2) is 30.3 Å². The van der Waals surface area contributed by atoms with Crippen molar-refractivity contribution < 1.29 is 37.1 Å². The SMILES string of the molecule is CCO[Si](CCCNC(=O)OCCCCCCOC(=O)/C=C/c1ccc(NC(C)=O)cc1)(OCC)OCC. The van der Waals surface area contributed by atoms with Gasteiger partial charge in [0, 0.05) is 51.1 Å². The molecule has 0 saturated heterocycles. The molecule has 0 aromatic heterocycles. The van der Waals surface area contributed by atoms with Gasteiger partial charge in [-0.05, 0) is 76.6 Å². The minimum Gasteiger partial charge on any atom is -0.463 e. The van der Waals surface area contributed by atoms with Crippen molar-refractivity contribution in [2.45, 2.75) is 65.8 Å². The quantitative estimate of drug-likeness (QED) is 0.101. The highest BCUT2D eigenvalue weighted by Crippen LogP contribution is 2.18. The molecule has 38 heavy (non-hydrogen) atoms. The summed E-state index contributed by atoms with van der Waals surface area (Å²) in [5.74, 6) is -0.538. The van der Waals surface area contributed by atoms with Crippen LogP contribution >= 0.6 is 0 Å². The van der Waals surface area contributed by atoms with Crippen LogP contribution in [-0.4, -0.2) is 66.4 Å². The number of nitrogens with one attached hydrogen (secondary N) is 2. The summed E-state index contributed by atoms with van der Waals surface area (Å²) in [6.07, 6.45) is 6.50. The maximum absolute atomic E-state index is 11.9. The molecule has 10 nitrogen and oxygen atoms in total. The summed E-state index contributed by atoms with van der Waals surface area (Å²) in [4.78, 5) is 34.8. The fraction of sp³-hybridized carbons (Fsp3) is 0.593. The topological polar surface area (TPSA) is 121 Å². The molecule has 2 amide bonds. The largest absolute Gasteiger partial charge is 0.500 e. The Hall–Kier alpha value is -2.73. The summed E-state index contributed by atoms with van der Waals surface area (Å²) in [7, 11) is -2.69. The Morgan fingerprint density at radius 3 is 1.95 bits per heavy atom. The van der Waals surface area contributed by atoms with E-state index in [9.17, 15) is 14.4 Å². The summed E-state index contributed by atoms with van der Waals surface area (Å²) < 4.78 is 27.8. The van der Waals surface area contributed by atoms with Gasteiger partial charge in [-0.25, -0.2) is 9.59 Å². The van der Waals surface area contributed by atoms with Crippen LogP contribution in [0.5, 0.6) is 0 Å². The first-order chi connectivity index (χ1) is 18.3. The van der Waals surface area contributed by atoms with Crippen LogP contribution in [0.3, 0.4) is 0 Å². The van der Waals surface area contributed by atoms with Crippen molar-refractivity contribution in [3.8, 4) is 0 Å². The number of ether oxygens (including phenoxy) is 2. The monoisotopic (exact) mass is 552 g/mol. The van der Waals surface area contributed by atoms with Crippen LogP contribution in [0.1, 0.15) is 65.4 Å². The van der Waals surface area contributed by atoms with Gasteiger partial charge in [-0.15, -0.1) is 0 Å². The number of rotatable bonds is 20. The predicted octanol–water partition coefficient (Wildman–Crippen LogP) is 4.93. The Labute approximate surface area is 227 Å². The number of hydrogen-bond donors (Lipinski definition) is 2. The lowest BCUT2D eigenvalue weighted by molar-refractivity contribution is -0.137. The predicted molar refractivity (Wildman–Crippen MR) is 149 cm³/mol. The number of benzene rings is 1. The van der Waals surface area contributed by atoms with Gasteiger partial charge >= 0.3 is 20.9 Å². The van der Waals surface area contributed by atoms with Crippen molar-refractivity contribution in [2.24, 2.45) is 0 Å². The minimum atomic E-state index is -2.69. The third-order valence-corrected chi connectivity index (χ3v) is 8.33. The molecular weight excluding hydrogens is 508 g/mol. The second-order valence-corrected chi connectivity index (χ2v) is 11.1. The Morgan fingerprint density at radius 2 is 1.39 bits per heavy atom. The number of unbranched alkanes of at least 4 members (excludes halogenated alkanes) is 3. The summed E-state index contributed by atoms with van der Waals surface area (Å²) in [5, 5.41) is 5.44. The third kappa shape index (κ3) is 15.5. The molecule has 0 saturated carbocycles. The van der Waals surface area contributed by atoms with E-state index < -0.39 is 20.9 Å². The van der Waals surface area contributed by atoms with Crippen molar-refractivity contribution in [2.75, 3.05) is 44.9 Å². The van der Waals surface area contributed by atoms with Gasteiger partial charge in [0.1, 0.15) is 0 Å². The number of hydrogen-bond acceptors (Lipinski definition) is 8. The average molecular weight is 553 g/mol. The third-order valence-electron chi connectivity index (χ3n) is 5.18. The number of anilines is 1. The number of carbonyl (C=O) groups is 3. The van der Waals surface area contributed by atoms with E-state index in [2.05, 4.69) is 10.6 Å². The van der Waals surface area contributed by atoms with E-state index in [1.807, 2.05) is 20.8 Å². The summed E-state index contributed by atoms with van der Waals surface area (Å²) in [6.45, 7) is 9.91. The van der Waals surface area contributed by atoms with Gasteiger partial charge in [-0.3, -0.25) is 4.79 Å². The number of amides is 2. The molecule has 1 aromatic carbocycles. The molecular formula is C27H44N2O8Si. The van der Waals surface area contributed by atoms with Crippen molar-refractivity contribution in [1.29, 1.82) is 0 Å². The maximum Gasteiger partial charge on any atom is 0.500 e. The van der Waals surface area contributed by atoms with E-state index >= 15 is 0 Å². The lowest BCUT2D eigenvalue weighted by Gasteiger charge is -2.28. The van der Waals surface area contributed by atoms with Crippen LogP contribution in [0.25, 0.3) is 6.08 Å². The zero-order valence-corrected chi connectivity index (χ0v) is 24.2. The van der Waals surface area contributed by atoms with E-state index in [0.29, 0.717) is 57.7 Å². The maximum atomic E-state index is 11.9. The van der Waals surface area contributed by atoms with Crippen LogP contribution in [-0.2, 0) is 32.3 Å². The highest BCUT2D eigenvalue weighted by atomic mass is 28.4. The Balaban J connectivity index is 2.08. The molecule has 11 heteroatoms. The highest BCUT2D eigenvalue weighted by molar-refractivity contribution is 6.60. The first kappa shape index (κ1) is 33.3. The Morgan fingerprint density at radius 1 is 0.816 bits per heavy atom. The molecule has 0 fully saturated rings. The summed E-state index contributed by atoms with van der Waals surface area (Å²) in [5.41, 5.74) is 1.53. The summed E-state index contributed by atoms with van der Waals surface area (Å²) >= 11 is 0. The molecule has 0 spiro atoms. The molecule has 2 N–H and O–H groups in total. The van der Waals surface area contributed by atoms with Crippen molar-refractivity contribution in [3.63, 3.8) is 0 Å². The molecule has 0 radical (unpaired) electrons. The molecule has 0 unspecified atom stereocenters. The van der Waals surface area contributed by atoms with E-state index in [1.54, 1.807) is 30.3 Å².